The van der Waals surface area contributed by atoms with Gasteiger partial charge in [-0.3, -0.25) is 4.79 Å². The average Bonchev–Trinajstić information content (AvgIpc) is 2.59. The van der Waals surface area contributed by atoms with Gasteiger partial charge in [0, 0.05) is 18.7 Å². The molecular weight excluding hydrogens is 336 g/mol. The number of hydrogen-bond donors (Lipinski definition) is 0. The molecule has 0 saturated carbocycles. The molecule has 0 bridgehead atoms. The van der Waals surface area contributed by atoms with E-state index in [2.05, 4.69) is 45.7 Å². The number of nitrogens with zero attached hydrogens (tertiary/aromatic N) is 2. The van der Waals surface area contributed by atoms with Crippen molar-refractivity contribution in [1.29, 1.82) is 5.26 Å². The number of benzene rings is 1. The van der Waals surface area contributed by atoms with Crippen molar-refractivity contribution in [2.45, 2.75) is 53.9 Å². The van der Waals surface area contributed by atoms with E-state index in [1.165, 1.54) is 0 Å². The molecule has 27 heavy (non-hydrogen) atoms. The lowest BCUT2D eigenvalue weighted by atomic mass is 9.86. The number of rotatable bonds is 6. The van der Waals surface area contributed by atoms with Crippen molar-refractivity contribution < 1.29 is 9.53 Å². The van der Waals surface area contributed by atoms with Gasteiger partial charge in [-0.25, -0.2) is 4.98 Å². The summed E-state index contributed by atoms with van der Waals surface area (Å²) in [6.45, 7) is 12.6. The first-order valence-electron chi connectivity index (χ1n) is 9.26. The Morgan fingerprint density at radius 2 is 1.96 bits per heavy atom. The number of aromatic nitrogens is 1. The summed E-state index contributed by atoms with van der Waals surface area (Å²) >= 11 is 0. The Kier molecular flexibility index (Phi) is 6.38. The van der Waals surface area contributed by atoms with Gasteiger partial charge in [-0.15, -0.1) is 0 Å². The molecule has 0 aliphatic heterocycles. The zero-order valence-electron chi connectivity index (χ0n) is 17.1. The number of Topliss-reactive ketones (excluding diaryl/α,β-unsaturated/α-hetero) is 1. The fourth-order valence-electron chi connectivity index (χ4n) is 2.92. The van der Waals surface area contributed by atoms with Crippen LogP contribution in [0.4, 0.5) is 0 Å². The smallest absolute Gasteiger partial charge is 0.213 e. The van der Waals surface area contributed by atoms with E-state index in [-0.39, 0.29) is 17.1 Å². The maximum atomic E-state index is 11.9. The van der Waals surface area contributed by atoms with Gasteiger partial charge < -0.3 is 4.74 Å². The molecule has 0 saturated heterocycles. The fourth-order valence-corrected chi connectivity index (χ4v) is 2.92. The topological polar surface area (TPSA) is 63.0 Å². The molecule has 2 rings (SSSR count). The highest BCUT2D eigenvalue weighted by Crippen LogP contribution is 2.33. The summed E-state index contributed by atoms with van der Waals surface area (Å²) in [7, 11) is 0. The fraction of sp³-hybridized carbons (Fsp3) is 0.435. The minimum absolute atomic E-state index is 0.0308. The highest BCUT2D eigenvalue weighted by molar-refractivity contribution is 5.83. The largest absolute Gasteiger partial charge is 0.477 e. The molecule has 2 aromatic rings. The van der Waals surface area contributed by atoms with Crippen LogP contribution in [0.3, 0.4) is 0 Å². The second-order valence-corrected chi connectivity index (χ2v) is 8.47. The van der Waals surface area contributed by atoms with E-state index in [4.69, 9.17) is 4.74 Å². The van der Waals surface area contributed by atoms with Crippen LogP contribution in [0, 0.1) is 16.7 Å². The Labute approximate surface area is 162 Å². The molecule has 142 valence electrons. The molecule has 0 unspecified atom stereocenters. The first-order chi connectivity index (χ1) is 12.6. The third-order valence-corrected chi connectivity index (χ3v) is 4.16. The summed E-state index contributed by atoms with van der Waals surface area (Å²) in [6, 6.07) is 9.77. The number of carbonyl (C=O) groups excluding carboxylic acids is 1. The van der Waals surface area contributed by atoms with Gasteiger partial charge in [0.1, 0.15) is 5.78 Å². The van der Waals surface area contributed by atoms with Gasteiger partial charge in [-0.2, -0.15) is 5.26 Å². The summed E-state index contributed by atoms with van der Waals surface area (Å²) in [4.78, 5) is 16.2. The third-order valence-electron chi connectivity index (χ3n) is 4.16. The van der Waals surface area contributed by atoms with Crippen molar-refractivity contribution in [3.8, 4) is 23.1 Å². The normalized spacial score (nSPS) is 11.3. The van der Waals surface area contributed by atoms with E-state index >= 15 is 0 Å². The van der Waals surface area contributed by atoms with E-state index in [1.807, 2.05) is 24.3 Å². The van der Waals surface area contributed by atoms with E-state index in [1.54, 1.807) is 13.1 Å². The Morgan fingerprint density at radius 3 is 2.52 bits per heavy atom. The van der Waals surface area contributed by atoms with Crippen LogP contribution in [-0.4, -0.2) is 17.4 Å². The van der Waals surface area contributed by atoms with E-state index in [0.29, 0.717) is 24.5 Å². The molecule has 0 aliphatic carbocycles. The second kappa shape index (κ2) is 8.35. The third kappa shape index (κ3) is 5.65. The molecule has 0 aliphatic rings. The quantitative estimate of drug-likeness (QED) is 0.698. The molecule has 4 nitrogen and oxygen atoms in total. The van der Waals surface area contributed by atoms with Gasteiger partial charge in [-0.1, -0.05) is 34.6 Å². The molecule has 0 fully saturated rings. The van der Waals surface area contributed by atoms with Crippen LogP contribution < -0.4 is 4.74 Å². The minimum Gasteiger partial charge on any atom is -0.477 e. The van der Waals surface area contributed by atoms with E-state index in [0.717, 1.165) is 22.3 Å². The Bertz CT molecular complexity index is 871. The number of nitriles is 1. The summed E-state index contributed by atoms with van der Waals surface area (Å²) < 4.78 is 5.84. The number of ketones is 1. The lowest BCUT2D eigenvalue weighted by Crippen LogP contribution is -2.17. The molecule has 0 spiro atoms. The summed E-state index contributed by atoms with van der Waals surface area (Å²) in [5.74, 6) is 0.857. The molecule has 0 atom stereocenters. The molecule has 1 aromatic carbocycles. The lowest BCUT2D eigenvalue weighted by Gasteiger charge is -2.20. The van der Waals surface area contributed by atoms with Gasteiger partial charge in [0.2, 0.25) is 5.88 Å². The van der Waals surface area contributed by atoms with Crippen molar-refractivity contribution in [3.63, 3.8) is 0 Å². The number of ether oxygens (including phenoxy) is 1. The first kappa shape index (κ1) is 20.6. The zero-order chi connectivity index (χ0) is 20.2. The van der Waals surface area contributed by atoms with Crippen LogP contribution in [-0.2, 0) is 11.2 Å². The summed E-state index contributed by atoms with van der Waals surface area (Å²) in [5, 5.41) is 9.46. The SMILES string of the molecule is CC(=O)Cc1c(-c2ccnc(OCC(C)(C)C)c2)cc(C#N)cc1C(C)C. The molecule has 1 heterocycles. The van der Waals surface area contributed by atoms with Crippen molar-refractivity contribution in [1.82, 2.24) is 4.98 Å². The molecule has 0 radical (unpaired) electrons. The minimum atomic E-state index is 0.0308. The molecule has 4 heteroatoms. The van der Waals surface area contributed by atoms with E-state index in [9.17, 15) is 10.1 Å². The first-order valence-corrected chi connectivity index (χ1v) is 9.26. The van der Waals surface area contributed by atoms with Crippen LogP contribution in [0.25, 0.3) is 11.1 Å². The molecule has 0 amide bonds. The van der Waals surface area contributed by atoms with Gasteiger partial charge in [0.25, 0.3) is 0 Å². The van der Waals surface area contributed by atoms with Crippen LogP contribution >= 0.6 is 0 Å². The number of carbonyl (C=O) groups is 1. The van der Waals surface area contributed by atoms with Gasteiger partial charge in [0.15, 0.2) is 0 Å². The lowest BCUT2D eigenvalue weighted by molar-refractivity contribution is -0.116. The Morgan fingerprint density at radius 1 is 1.26 bits per heavy atom. The summed E-state index contributed by atoms with van der Waals surface area (Å²) in [6.07, 6.45) is 2.05. The van der Waals surface area contributed by atoms with Crippen LogP contribution in [0.1, 0.15) is 64.2 Å². The Hall–Kier alpha value is -2.67. The van der Waals surface area contributed by atoms with Crippen molar-refractivity contribution in [2.24, 2.45) is 5.41 Å². The average molecular weight is 364 g/mol. The predicted molar refractivity (Wildman–Crippen MR) is 108 cm³/mol. The Balaban J connectivity index is 2.58. The van der Waals surface area contributed by atoms with Gasteiger partial charge in [0.05, 0.1) is 18.2 Å². The highest BCUT2D eigenvalue weighted by Gasteiger charge is 2.18. The molecular formula is C23H28N2O2. The molecule has 0 N–H and O–H groups in total. The van der Waals surface area contributed by atoms with Crippen LogP contribution in [0.2, 0.25) is 0 Å². The van der Waals surface area contributed by atoms with Crippen molar-refractivity contribution in [2.75, 3.05) is 6.61 Å². The van der Waals surface area contributed by atoms with Gasteiger partial charge in [-0.05, 0) is 58.7 Å². The van der Waals surface area contributed by atoms with Crippen molar-refractivity contribution in [3.05, 3.63) is 47.2 Å². The monoisotopic (exact) mass is 364 g/mol. The number of hydrogen-bond acceptors (Lipinski definition) is 4. The van der Waals surface area contributed by atoms with Crippen LogP contribution in [0.5, 0.6) is 5.88 Å². The standard InChI is InChI=1S/C23H28N2O2/c1-15(2)19-10-17(13-24)11-20(21(19)9-16(3)26)18-7-8-25-22(12-18)27-14-23(4,5)6/h7-8,10-12,15H,9,14H2,1-6H3. The summed E-state index contributed by atoms with van der Waals surface area (Å²) in [5.41, 5.74) is 4.44. The van der Waals surface area contributed by atoms with Gasteiger partial charge >= 0.3 is 0 Å². The maximum Gasteiger partial charge on any atom is 0.213 e. The molecule has 1 aromatic heterocycles. The van der Waals surface area contributed by atoms with Crippen LogP contribution in [0.15, 0.2) is 30.5 Å². The number of pyridine rings is 1. The zero-order valence-corrected chi connectivity index (χ0v) is 17.1. The van der Waals surface area contributed by atoms with Crippen molar-refractivity contribution >= 4 is 5.78 Å². The second-order valence-electron chi connectivity index (χ2n) is 8.47. The predicted octanol–water partition coefficient (Wildman–Crippen LogP) is 5.30. The maximum absolute atomic E-state index is 11.9. The highest BCUT2D eigenvalue weighted by atomic mass is 16.5. The van der Waals surface area contributed by atoms with E-state index < -0.39 is 0 Å².